The molecule has 3 nitrogen and oxygen atoms in total. The maximum absolute atomic E-state index is 10.6. The van der Waals surface area contributed by atoms with Crippen LogP contribution < -0.4 is 0 Å². The van der Waals surface area contributed by atoms with Gasteiger partial charge in [0.1, 0.15) is 0 Å². The molecular formula is C20H27NO2S. The summed E-state index contributed by atoms with van der Waals surface area (Å²) in [7, 11) is 0. The van der Waals surface area contributed by atoms with Crippen molar-refractivity contribution in [3.63, 3.8) is 0 Å². The largest absolute Gasteiger partial charge is 0.391 e. The summed E-state index contributed by atoms with van der Waals surface area (Å²) in [5.41, 5.74) is 1.19. The Kier molecular flexibility index (Phi) is 6.44. The zero-order chi connectivity index (χ0) is 16.8. The molecule has 1 aliphatic rings. The number of nitrogens with zero attached hydrogens (tertiary/aromatic N) is 1. The quantitative estimate of drug-likeness (QED) is 0.793. The van der Waals surface area contributed by atoms with Crippen LogP contribution in [0.4, 0.5) is 0 Å². The molecule has 1 aliphatic heterocycles. The summed E-state index contributed by atoms with van der Waals surface area (Å²) in [5.74, 6) is 0. The Labute approximate surface area is 148 Å². The van der Waals surface area contributed by atoms with Gasteiger partial charge in [-0.3, -0.25) is 4.90 Å². The van der Waals surface area contributed by atoms with E-state index in [9.17, 15) is 5.11 Å². The third-order valence-corrected chi connectivity index (χ3v) is 5.43. The van der Waals surface area contributed by atoms with Gasteiger partial charge in [-0.05, 0) is 43.9 Å². The number of benzene rings is 1. The highest BCUT2D eigenvalue weighted by atomic mass is 32.1. The lowest BCUT2D eigenvalue weighted by Crippen LogP contribution is -2.38. The predicted molar refractivity (Wildman–Crippen MR) is 99.5 cm³/mol. The van der Waals surface area contributed by atoms with E-state index in [2.05, 4.69) is 36.1 Å². The van der Waals surface area contributed by atoms with Crippen molar-refractivity contribution in [3.05, 3.63) is 57.8 Å². The number of ether oxygens (including phenoxy) is 1. The Morgan fingerprint density at radius 3 is 2.75 bits per heavy atom. The molecule has 1 fully saturated rings. The summed E-state index contributed by atoms with van der Waals surface area (Å²) in [6.45, 7) is 5.50. The molecule has 3 rings (SSSR count). The number of aliphatic hydroxyl groups is 1. The molecule has 1 saturated heterocycles. The molecule has 0 amide bonds. The highest BCUT2D eigenvalue weighted by Gasteiger charge is 2.21. The van der Waals surface area contributed by atoms with Crippen LogP contribution in [0.3, 0.4) is 0 Å². The maximum atomic E-state index is 10.6. The van der Waals surface area contributed by atoms with Gasteiger partial charge in [-0.25, -0.2) is 0 Å². The summed E-state index contributed by atoms with van der Waals surface area (Å²) < 4.78 is 5.81. The lowest BCUT2D eigenvalue weighted by Gasteiger charge is -2.27. The molecule has 1 N–H and O–H groups in total. The molecule has 24 heavy (non-hydrogen) atoms. The average Bonchev–Trinajstić information content (AvgIpc) is 3.20. The minimum absolute atomic E-state index is 0.315. The first kappa shape index (κ1) is 17.6. The van der Waals surface area contributed by atoms with E-state index in [1.807, 2.05) is 29.5 Å². The highest BCUT2D eigenvalue weighted by Crippen LogP contribution is 2.20. The van der Waals surface area contributed by atoms with Gasteiger partial charge < -0.3 is 9.84 Å². The number of thiophene rings is 1. The normalized spacial score (nSPS) is 19.0. The third-order valence-electron chi connectivity index (χ3n) is 4.44. The van der Waals surface area contributed by atoms with Crippen molar-refractivity contribution in [2.45, 2.75) is 44.9 Å². The Morgan fingerprint density at radius 2 is 2.08 bits per heavy atom. The Hall–Kier alpha value is -1.20. The molecule has 4 heteroatoms. The molecule has 2 unspecified atom stereocenters. The van der Waals surface area contributed by atoms with Gasteiger partial charge in [0.25, 0.3) is 0 Å². The smallest absolute Gasteiger partial charge is 0.0707 e. The number of hydrogen-bond acceptors (Lipinski definition) is 4. The molecule has 2 atom stereocenters. The van der Waals surface area contributed by atoms with Gasteiger partial charge in [0.15, 0.2) is 0 Å². The molecule has 1 aromatic heterocycles. The van der Waals surface area contributed by atoms with Gasteiger partial charge >= 0.3 is 0 Å². The summed E-state index contributed by atoms with van der Waals surface area (Å²) in [6, 6.07) is 14.6. The fraction of sp³-hybridized carbons (Fsp3) is 0.500. The fourth-order valence-corrected chi connectivity index (χ4v) is 4.25. The molecule has 0 radical (unpaired) electrons. The molecule has 0 bridgehead atoms. The number of rotatable bonds is 8. The lowest BCUT2D eigenvalue weighted by atomic mass is 10.1. The summed E-state index contributed by atoms with van der Waals surface area (Å²) in [5, 5.41) is 10.6. The van der Waals surface area contributed by atoms with Gasteiger partial charge in [0.2, 0.25) is 0 Å². The zero-order valence-corrected chi connectivity index (χ0v) is 15.2. The van der Waals surface area contributed by atoms with Gasteiger partial charge in [-0.2, -0.15) is 0 Å². The fourth-order valence-electron chi connectivity index (χ4n) is 3.32. The molecule has 0 saturated carbocycles. The van der Waals surface area contributed by atoms with Crippen LogP contribution in [0.1, 0.15) is 28.2 Å². The second-order valence-electron chi connectivity index (χ2n) is 6.69. The molecule has 130 valence electrons. The zero-order valence-electron chi connectivity index (χ0n) is 14.4. The topological polar surface area (TPSA) is 32.7 Å². The molecule has 0 spiro atoms. The van der Waals surface area contributed by atoms with Crippen LogP contribution in [0.25, 0.3) is 0 Å². The van der Waals surface area contributed by atoms with Crippen LogP contribution in [-0.4, -0.2) is 41.9 Å². The predicted octanol–water partition coefficient (Wildman–Crippen LogP) is 3.64. The van der Waals surface area contributed by atoms with Crippen LogP contribution in [0.2, 0.25) is 0 Å². The second kappa shape index (κ2) is 8.77. The Balaban J connectivity index is 1.59. The van der Waals surface area contributed by atoms with Crippen molar-refractivity contribution in [1.82, 2.24) is 4.90 Å². The van der Waals surface area contributed by atoms with Crippen LogP contribution in [0.5, 0.6) is 0 Å². The molecule has 2 heterocycles. The van der Waals surface area contributed by atoms with Crippen molar-refractivity contribution < 1.29 is 9.84 Å². The first-order chi connectivity index (χ1) is 11.7. The van der Waals surface area contributed by atoms with Crippen molar-refractivity contribution in [1.29, 1.82) is 0 Å². The standard InChI is InChI=1S/C20H27NO2S/c1-16-9-10-20(24-16)15-21(14-19-8-5-11-23-19)13-18(22)12-17-6-3-2-4-7-17/h2-4,6-7,9-10,18-19,22H,5,8,11-15H2,1H3. The summed E-state index contributed by atoms with van der Waals surface area (Å²) >= 11 is 1.84. The number of aliphatic hydroxyl groups excluding tert-OH is 1. The van der Waals surface area contributed by atoms with E-state index >= 15 is 0 Å². The second-order valence-corrected chi connectivity index (χ2v) is 8.06. The van der Waals surface area contributed by atoms with E-state index < -0.39 is 0 Å². The molecule has 2 aromatic rings. The lowest BCUT2D eigenvalue weighted by molar-refractivity contribution is 0.0469. The van der Waals surface area contributed by atoms with E-state index in [1.165, 1.54) is 15.3 Å². The van der Waals surface area contributed by atoms with Crippen molar-refractivity contribution in [3.8, 4) is 0 Å². The summed E-state index contributed by atoms with van der Waals surface area (Å²) in [6.07, 6.45) is 2.95. The van der Waals surface area contributed by atoms with E-state index in [4.69, 9.17) is 4.74 Å². The van der Waals surface area contributed by atoms with Gasteiger partial charge in [-0.1, -0.05) is 30.3 Å². The van der Waals surface area contributed by atoms with Crippen LogP contribution in [-0.2, 0) is 17.7 Å². The van der Waals surface area contributed by atoms with Crippen LogP contribution in [0.15, 0.2) is 42.5 Å². The van der Waals surface area contributed by atoms with E-state index in [-0.39, 0.29) is 6.10 Å². The first-order valence-corrected chi connectivity index (χ1v) is 9.62. The van der Waals surface area contributed by atoms with Gasteiger partial charge in [0, 0.05) is 36.0 Å². The SMILES string of the molecule is Cc1ccc(CN(CC(O)Cc2ccccc2)CC2CCCO2)s1. The summed E-state index contributed by atoms with van der Waals surface area (Å²) in [4.78, 5) is 5.05. The van der Waals surface area contributed by atoms with Crippen molar-refractivity contribution in [2.75, 3.05) is 19.7 Å². The molecule has 0 aliphatic carbocycles. The minimum Gasteiger partial charge on any atom is -0.391 e. The van der Waals surface area contributed by atoms with Crippen LogP contribution in [0, 0.1) is 6.92 Å². The average molecular weight is 346 g/mol. The Morgan fingerprint density at radius 1 is 1.25 bits per heavy atom. The third kappa shape index (κ3) is 5.42. The Bertz CT molecular complexity index is 607. The van der Waals surface area contributed by atoms with E-state index in [0.29, 0.717) is 19.1 Å². The molecular weight excluding hydrogens is 318 g/mol. The van der Waals surface area contributed by atoms with E-state index in [1.54, 1.807) is 0 Å². The number of aryl methyl sites for hydroxylation is 1. The first-order valence-electron chi connectivity index (χ1n) is 8.80. The maximum Gasteiger partial charge on any atom is 0.0707 e. The van der Waals surface area contributed by atoms with Crippen molar-refractivity contribution >= 4 is 11.3 Å². The molecule has 1 aromatic carbocycles. The van der Waals surface area contributed by atoms with Gasteiger partial charge in [0.05, 0.1) is 12.2 Å². The van der Waals surface area contributed by atoms with E-state index in [0.717, 1.165) is 32.5 Å². The van der Waals surface area contributed by atoms with Crippen molar-refractivity contribution in [2.24, 2.45) is 0 Å². The minimum atomic E-state index is -0.352. The van der Waals surface area contributed by atoms with Gasteiger partial charge in [-0.15, -0.1) is 11.3 Å². The monoisotopic (exact) mass is 345 g/mol. The van der Waals surface area contributed by atoms with Crippen LogP contribution >= 0.6 is 11.3 Å². The highest BCUT2D eigenvalue weighted by molar-refractivity contribution is 7.11. The number of hydrogen-bond donors (Lipinski definition) is 1.